The first-order chi connectivity index (χ1) is 13.5. The van der Waals surface area contributed by atoms with E-state index >= 15 is 0 Å². The number of nitriles is 1. The minimum Gasteiger partial charge on any atom is -0.494 e. The third kappa shape index (κ3) is 3.91. The summed E-state index contributed by atoms with van der Waals surface area (Å²) in [6, 6.07) is 15.5. The molecule has 0 spiro atoms. The minimum atomic E-state index is -0.448. The molecule has 5 N–H and O–H groups in total. The van der Waals surface area contributed by atoms with Crippen LogP contribution >= 0.6 is 0 Å². The molecule has 3 rings (SSSR count). The summed E-state index contributed by atoms with van der Waals surface area (Å²) in [6.45, 7) is 0. The molecule has 2 aromatic carbocycles. The van der Waals surface area contributed by atoms with E-state index < -0.39 is 11.7 Å². The van der Waals surface area contributed by atoms with Crippen molar-refractivity contribution in [3.8, 4) is 11.8 Å². The predicted molar refractivity (Wildman–Crippen MR) is 106 cm³/mol. The van der Waals surface area contributed by atoms with Gasteiger partial charge in [0, 0.05) is 11.5 Å². The van der Waals surface area contributed by atoms with Crippen LogP contribution in [0.15, 0.2) is 58.0 Å². The predicted octanol–water partition coefficient (Wildman–Crippen LogP) is 2.92. The molecule has 0 atom stereocenters. The Hall–Kier alpha value is -4.32. The van der Waals surface area contributed by atoms with Gasteiger partial charge in [-0.2, -0.15) is 10.4 Å². The summed E-state index contributed by atoms with van der Waals surface area (Å²) in [5, 5.41) is 23.4. The maximum absolute atomic E-state index is 12.5. The number of nitrogens with two attached hydrogens (primary N) is 1. The molecule has 3 aromatic rings. The van der Waals surface area contributed by atoms with Gasteiger partial charge in [-0.15, -0.1) is 0 Å². The van der Waals surface area contributed by atoms with Crippen LogP contribution in [0.5, 0.6) is 5.75 Å². The monoisotopic (exact) mass is 376 g/mol. The number of hydrogen-bond acceptors (Lipinski definition) is 7. The number of nitrogens with zero attached hydrogens (tertiary/aromatic N) is 2. The zero-order chi connectivity index (χ0) is 20.1. The molecule has 9 nitrogen and oxygen atoms in total. The number of carbonyl (C=O) groups is 1. The molecule has 9 heteroatoms. The van der Waals surface area contributed by atoms with Gasteiger partial charge in [0.05, 0.1) is 18.5 Å². The lowest BCUT2D eigenvalue weighted by molar-refractivity contribution is 0.0998. The molecule has 1 aromatic heterocycles. The topological polar surface area (TPSA) is 150 Å². The fourth-order valence-electron chi connectivity index (χ4n) is 2.41. The number of hydrazone groups is 1. The van der Waals surface area contributed by atoms with Gasteiger partial charge in [-0.05, 0) is 24.3 Å². The van der Waals surface area contributed by atoms with E-state index in [1.165, 1.54) is 7.11 Å². The quantitative estimate of drug-likeness (QED) is 0.295. The Morgan fingerprint density at radius 2 is 2.07 bits per heavy atom. The summed E-state index contributed by atoms with van der Waals surface area (Å²) in [5.41, 5.74) is 9.13. The highest BCUT2D eigenvalue weighted by molar-refractivity contribution is 6.45. The molecular formula is C19H16N6O3. The van der Waals surface area contributed by atoms with Crippen LogP contribution in [0.4, 0.5) is 11.4 Å². The number of carbonyl (C=O) groups excluding carboxylic acids is 1. The molecule has 140 valence electrons. The second-order valence-electron chi connectivity index (χ2n) is 5.62. The normalized spacial score (nSPS) is 10.9. The number of amidine groups is 1. The first-order valence-electron chi connectivity index (χ1n) is 8.08. The van der Waals surface area contributed by atoms with Gasteiger partial charge >= 0.3 is 0 Å². The van der Waals surface area contributed by atoms with Crippen LogP contribution in [0.25, 0.3) is 11.0 Å². The van der Waals surface area contributed by atoms with E-state index in [0.717, 1.165) is 5.39 Å². The average Bonchev–Trinajstić information content (AvgIpc) is 3.13. The summed E-state index contributed by atoms with van der Waals surface area (Å²) in [5.74, 6) is -0.325. The number of amides is 1. The van der Waals surface area contributed by atoms with E-state index in [0.29, 0.717) is 22.7 Å². The number of benzene rings is 2. The Kier molecular flexibility index (Phi) is 5.23. The number of methoxy groups -OCH3 is 1. The van der Waals surface area contributed by atoms with E-state index in [1.807, 2.05) is 18.2 Å². The zero-order valence-electron chi connectivity index (χ0n) is 14.8. The minimum absolute atomic E-state index is 0.176. The Bertz CT molecular complexity index is 1090. The van der Waals surface area contributed by atoms with Crippen molar-refractivity contribution in [1.82, 2.24) is 0 Å². The van der Waals surface area contributed by atoms with Gasteiger partial charge in [0.2, 0.25) is 5.71 Å². The second kappa shape index (κ2) is 7.92. The lowest BCUT2D eigenvalue weighted by atomic mass is 10.2. The Morgan fingerprint density at radius 1 is 1.29 bits per heavy atom. The van der Waals surface area contributed by atoms with Crippen LogP contribution in [0.2, 0.25) is 0 Å². The van der Waals surface area contributed by atoms with Gasteiger partial charge in [-0.3, -0.25) is 15.6 Å². The number of anilines is 2. The highest BCUT2D eigenvalue weighted by Gasteiger charge is 2.15. The largest absolute Gasteiger partial charge is 0.494 e. The lowest BCUT2D eigenvalue weighted by Crippen LogP contribution is -2.21. The third-order valence-corrected chi connectivity index (χ3v) is 3.76. The number of ether oxygens (including phenoxy) is 1. The molecule has 1 heterocycles. The van der Waals surface area contributed by atoms with Crippen LogP contribution in [-0.4, -0.2) is 24.6 Å². The van der Waals surface area contributed by atoms with Crippen LogP contribution < -0.4 is 21.2 Å². The summed E-state index contributed by atoms with van der Waals surface area (Å²) in [7, 11) is 1.45. The molecule has 0 saturated carbocycles. The van der Waals surface area contributed by atoms with Gasteiger partial charge in [0.15, 0.2) is 11.6 Å². The van der Waals surface area contributed by atoms with Crippen LogP contribution in [-0.2, 0) is 0 Å². The maximum Gasteiger partial charge on any atom is 0.291 e. The number of furan rings is 1. The number of hydrogen-bond donors (Lipinski definition) is 4. The van der Waals surface area contributed by atoms with E-state index in [2.05, 4.69) is 15.8 Å². The van der Waals surface area contributed by atoms with Gasteiger partial charge in [-0.1, -0.05) is 18.2 Å². The van der Waals surface area contributed by atoms with Crippen molar-refractivity contribution in [3.05, 3.63) is 54.3 Å². The SMILES string of the molecule is COc1cc(N/N=C(\C#N)C(=N)N)ccc1NC(=O)c1cc2ccccc2o1. The summed E-state index contributed by atoms with van der Waals surface area (Å²) >= 11 is 0. The number of rotatable bonds is 6. The number of para-hydroxylation sites is 1. The lowest BCUT2D eigenvalue weighted by Gasteiger charge is -2.11. The molecule has 0 aliphatic carbocycles. The molecule has 0 bridgehead atoms. The summed E-state index contributed by atoms with van der Waals surface area (Å²) < 4.78 is 10.8. The average molecular weight is 376 g/mol. The molecule has 0 aliphatic rings. The molecule has 0 radical (unpaired) electrons. The molecule has 0 unspecified atom stereocenters. The van der Waals surface area contributed by atoms with E-state index in [-0.39, 0.29) is 11.5 Å². The molecule has 28 heavy (non-hydrogen) atoms. The standard InChI is InChI=1S/C19H16N6O3/c1-27-16-9-12(24-25-14(10-20)18(21)22)6-7-13(16)23-19(26)17-8-11-4-2-3-5-15(11)28-17/h2-9,24H,1H3,(H3,21,22)(H,23,26)/b25-14+. The molecular weight excluding hydrogens is 360 g/mol. The maximum atomic E-state index is 12.5. The zero-order valence-corrected chi connectivity index (χ0v) is 14.8. The smallest absolute Gasteiger partial charge is 0.291 e. The third-order valence-electron chi connectivity index (χ3n) is 3.76. The van der Waals surface area contributed by atoms with Crippen LogP contribution in [0, 0.1) is 16.7 Å². The fourth-order valence-corrected chi connectivity index (χ4v) is 2.41. The Balaban J connectivity index is 1.79. The number of nitrogens with one attached hydrogen (secondary N) is 3. The molecule has 1 amide bonds. The van der Waals surface area contributed by atoms with E-state index in [9.17, 15) is 4.79 Å². The van der Waals surface area contributed by atoms with Gasteiger partial charge in [0.1, 0.15) is 17.4 Å². The first kappa shape index (κ1) is 18.5. The van der Waals surface area contributed by atoms with Crippen molar-refractivity contribution in [2.45, 2.75) is 0 Å². The molecule has 0 saturated heterocycles. The van der Waals surface area contributed by atoms with Crippen molar-refractivity contribution in [3.63, 3.8) is 0 Å². The summed E-state index contributed by atoms with van der Waals surface area (Å²) in [4.78, 5) is 12.5. The molecule has 0 aliphatic heterocycles. The first-order valence-corrected chi connectivity index (χ1v) is 8.08. The van der Waals surface area contributed by atoms with Gasteiger partial charge in [-0.25, -0.2) is 0 Å². The van der Waals surface area contributed by atoms with Crippen molar-refractivity contribution >= 4 is 39.8 Å². The second-order valence-corrected chi connectivity index (χ2v) is 5.62. The van der Waals surface area contributed by atoms with Crippen molar-refractivity contribution in [2.75, 3.05) is 17.9 Å². The highest BCUT2D eigenvalue weighted by Crippen LogP contribution is 2.29. The van der Waals surface area contributed by atoms with Gasteiger partial charge < -0.3 is 20.2 Å². The Morgan fingerprint density at radius 3 is 2.75 bits per heavy atom. The van der Waals surface area contributed by atoms with Crippen LogP contribution in [0.1, 0.15) is 10.6 Å². The van der Waals surface area contributed by atoms with E-state index in [4.69, 9.17) is 25.6 Å². The van der Waals surface area contributed by atoms with Gasteiger partial charge in [0.25, 0.3) is 5.91 Å². The molecule has 0 fully saturated rings. The fraction of sp³-hybridized carbons (Fsp3) is 0.0526. The van der Waals surface area contributed by atoms with Crippen molar-refractivity contribution < 1.29 is 13.9 Å². The van der Waals surface area contributed by atoms with Crippen molar-refractivity contribution in [2.24, 2.45) is 10.8 Å². The highest BCUT2D eigenvalue weighted by atomic mass is 16.5. The Labute approximate surface area is 159 Å². The summed E-state index contributed by atoms with van der Waals surface area (Å²) in [6.07, 6.45) is 0. The number of fused-ring (bicyclic) bond motifs is 1. The van der Waals surface area contributed by atoms with E-state index in [1.54, 1.807) is 36.4 Å². The van der Waals surface area contributed by atoms with Crippen LogP contribution in [0.3, 0.4) is 0 Å². The van der Waals surface area contributed by atoms with Crippen molar-refractivity contribution in [1.29, 1.82) is 10.7 Å².